The van der Waals surface area contributed by atoms with Crippen LogP contribution in [0.1, 0.15) is 23.0 Å². The van der Waals surface area contributed by atoms with Gasteiger partial charge in [0.2, 0.25) is 10.0 Å². The minimum absolute atomic E-state index is 0.0719. The van der Waals surface area contributed by atoms with Crippen LogP contribution in [0, 0.1) is 0 Å². The van der Waals surface area contributed by atoms with Crippen molar-refractivity contribution in [3.8, 4) is 0 Å². The van der Waals surface area contributed by atoms with Gasteiger partial charge in [-0.05, 0) is 23.3 Å². The Morgan fingerprint density at radius 2 is 1.50 bits per heavy atom. The zero-order chi connectivity index (χ0) is 18.4. The van der Waals surface area contributed by atoms with Crippen molar-refractivity contribution in [3.05, 3.63) is 95.9 Å². The molecule has 3 aromatic rings. The third kappa shape index (κ3) is 4.82. The molecule has 0 aliphatic heterocycles. The molecule has 2 aromatic carbocycles. The number of hydrogen-bond donors (Lipinski definition) is 1. The van der Waals surface area contributed by atoms with E-state index in [1.165, 1.54) is 10.6 Å². The summed E-state index contributed by atoms with van der Waals surface area (Å²) in [6.07, 6.45) is 0.428. The molecule has 1 atom stereocenters. The fraction of sp³-hybridized carbons (Fsp3) is 0.200. The van der Waals surface area contributed by atoms with Crippen LogP contribution in [0.25, 0.3) is 0 Å². The van der Waals surface area contributed by atoms with Crippen molar-refractivity contribution in [2.75, 3.05) is 6.54 Å². The van der Waals surface area contributed by atoms with Gasteiger partial charge in [0.05, 0.1) is 12.0 Å². The van der Waals surface area contributed by atoms with E-state index in [9.17, 15) is 13.5 Å². The largest absolute Gasteiger partial charge is 0.467 e. The summed E-state index contributed by atoms with van der Waals surface area (Å²) in [5.74, 6) is 0.226. The van der Waals surface area contributed by atoms with Gasteiger partial charge >= 0.3 is 0 Å². The molecule has 0 saturated heterocycles. The average molecular weight is 371 g/mol. The minimum Gasteiger partial charge on any atom is -0.467 e. The van der Waals surface area contributed by atoms with E-state index >= 15 is 0 Å². The lowest BCUT2D eigenvalue weighted by molar-refractivity contribution is 0.122. The highest BCUT2D eigenvalue weighted by atomic mass is 32.2. The van der Waals surface area contributed by atoms with E-state index in [1.807, 2.05) is 48.5 Å². The van der Waals surface area contributed by atoms with E-state index < -0.39 is 16.1 Å². The first-order chi connectivity index (χ1) is 12.5. The molecule has 0 aliphatic rings. The minimum atomic E-state index is -3.63. The number of rotatable bonds is 8. The van der Waals surface area contributed by atoms with Crippen molar-refractivity contribution in [2.45, 2.75) is 18.4 Å². The smallest absolute Gasteiger partial charge is 0.218 e. The van der Waals surface area contributed by atoms with Crippen LogP contribution >= 0.6 is 0 Å². The van der Waals surface area contributed by atoms with Crippen LogP contribution in [0.3, 0.4) is 0 Å². The van der Waals surface area contributed by atoms with Crippen LogP contribution in [-0.4, -0.2) is 24.4 Å². The third-order valence-corrected chi connectivity index (χ3v) is 5.80. The Labute approximate surface area is 153 Å². The summed E-state index contributed by atoms with van der Waals surface area (Å²) in [6, 6.07) is 21.7. The topological polar surface area (TPSA) is 70.8 Å². The van der Waals surface area contributed by atoms with Crippen molar-refractivity contribution >= 4 is 10.0 Å². The number of nitrogens with zero attached hydrogens (tertiary/aromatic N) is 1. The first-order valence-corrected chi connectivity index (χ1v) is 9.92. The zero-order valence-corrected chi connectivity index (χ0v) is 15.0. The van der Waals surface area contributed by atoms with E-state index in [4.69, 9.17) is 4.42 Å². The predicted molar refractivity (Wildman–Crippen MR) is 99.6 cm³/mol. The van der Waals surface area contributed by atoms with Gasteiger partial charge in [0, 0.05) is 13.1 Å². The van der Waals surface area contributed by atoms with Crippen molar-refractivity contribution in [2.24, 2.45) is 0 Å². The normalized spacial score (nSPS) is 13.0. The molecule has 5 nitrogen and oxygen atoms in total. The molecule has 1 N–H and O–H groups in total. The summed E-state index contributed by atoms with van der Waals surface area (Å²) in [5, 5.41) is 10.4. The van der Waals surface area contributed by atoms with Gasteiger partial charge in [-0.15, -0.1) is 0 Å². The maximum atomic E-state index is 13.0. The summed E-state index contributed by atoms with van der Waals surface area (Å²) in [5.41, 5.74) is 1.56. The predicted octanol–water partition coefficient (Wildman–Crippen LogP) is 3.35. The van der Waals surface area contributed by atoms with E-state index in [-0.39, 0.29) is 18.8 Å². The second kappa shape index (κ2) is 8.31. The molecule has 1 aromatic heterocycles. The Hall–Kier alpha value is -2.41. The second-order valence-corrected chi connectivity index (χ2v) is 8.02. The fourth-order valence-corrected chi connectivity index (χ4v) is 4.21. The van der Waals surface area contributed by atoms with Gasteiger partial charge < -0.3 is 9.52 Å². The van der Waals surface area contributed by atoms with Crippen molar-refractivity contribution < 1.29 is 17.9 Å². The zero-order valence-electron chi connectivity index (χ0n) is 14.2. The highest BCUT2D eigenvalue weighted by Gasteiger charge is 2.26. The highest BCUT2D eigenvalue weighted by Crippen LogP contribution is 2.21. The summed E-state index contributed by atoms with van der Waals surface area (Å²) in [7, 11) is -3.63. The maximum absolute atomic E-state index is 13.0. The monoisotopic (exact) mass is 371 g/mol. The summed E-state index contributed by atoms with van der Waals surface area (Å²) in [4.78, 5) is 0. The molecule has 0 saturated carbocycles. The Kier molecular flexibility index (Phi) is 5.88. The molecule has 136 valence electrons. The van der Waals surface area contributed by atoms with Gasteiger partial charge in [-0.3, -0.25) is 0 Å². The van der Waals surface area contributed by atoms with Crippen LogP contribution in [0.2, 0.25) is 0 Å². The first-order valence-electron chi connectivity index (χ1n) is 8.32. The number of aliphatic hydroxyl groups excluding tert-OH is 1. The van der Waals surface area contributed by atoms with Crippen LogP contribution in [0.15, 0.2) is 83.5 Å². The SMILES string of the molecule is O=S(=O)(Cc1ccccc1)N(Cc1ccccc1)C[C@H](O)c1ccco1. The van der Waals surface area contributed by atoms with Crippen LogP contribution in [0.4, 0.5) is 0 Å². The number of benzene rings is 2. The van der Waals surface area contributed by atoms with Crippen molar-refractivity contribution in [1.29, 1.82) is 0 Å². The lowest BCUT2D eigenvalue weighted by Gasteiger charge is -2.24. The van der Waals surface area contributed by atoms with Gasteiger partial charge in [0.15, 0.2) is 0 Å². The molecule has 0 radical (unpaired) electrons. The van der Waals surface area contributed by atoms with Gasteiger partial charge in [-0.25, -0.2) is 8.42 Å². The van der Waals surface area contributed by atoms with E-state index in [0.29, 0.717) is 11.3 Å². The molecule has 0 spiro atoms. The molecule has 3 rings (SSSR count). The lowest BCUT2D eigenvalue weighted by atomic mass is 10.2. The van der Waals surface area contributed by atoms with Gasteiger partial charge in [-0.2, -0.15) is 4.31 Å². The van der Waals surface area contributed by atoms with Crippen molar-refractivity contribution in [1.82, 2.24) is 4.31 Å². The van der Waals surface area contributed by atoms with Crippen LogP contribution in [-0.2, 0) is 22.3 Å². The Balaban J connectivity index is 1.83. The molecule has 6 heteroatoms. The summed E-state index contributed by atoms with van der Waals surface area (Å²) >= 11 is 0. The third-order valence-electron chi connectivity index (χ3n) is 4.04. The molecule has 0 amide bonds. The van der Waals surface area contributed by atoms with Gasteiger partial charge in [0.1, 0.15) is 11.9 Å². The second-order valence-electron chi connectivity index (χ2n) is 6.05. The van der Waals surface area contributed by atoms with Gasteiger partial charge in [-0.1, -0.05) is 60.7 Å². The fourth-order valence-electron chi connectivity index (χ4n) is 2.70. The maximum Gasteiger partial charge on any atom is 0.218 e. The molecule has 1 heterocycles. The molecule has 0 aliphatic carbocycles. The molecule has 0 fully saturated rings. The summed E-state index contributed by atoms with van der Waals surface area (Å²) < 4.78 is 32.5. The molecule has 26 heavy (non-hydrogen) atoms. The van der Waals surface area contributed by atoms with Crippen LogP contribution in [0.5, 0.6) is 0 Å². The van der Waals surface area contributed by atoms with Gasteiger partial charge in [0.25, 0.3) is 0 Å². The van der Waals surface area contributed by atoms with E-state index in [2.05, 4.69) is 0 Å². The average Bonchev–Trinajstić information content (AvgIpc) is 3.17. The number of hydrogen-bond acceptors (Lipinski definition) is 4. The highest BCUT2D eigenvalue weighted by molar-refractivity contribution is 7.88. The number of aliphatic hydroxyl groups is 1. The first kappa shape index (κ1) is 18.4. The molecular weight excluding hydrogens is 350 g/mol. The number of furan rings is 1. The Morgan fingerprint density at radius 3 is 2.08 bits per heavy atom. The quantitative estimate of drug-likeness (QED) is 0.659. The van der Waals surface area contributed by atoms with E-state index in [0.717, 1.165) is 5.56 Å². The van der Waals surface area contributed by atoms with Crippen molar-refractivity contribution in [3.63, 3.8) is 0 Å². The Morgan fingerprint density at radius 1 is 0.885 bits per heavy atom. The molecule has 0 unspecified atom stereocenters. The number of sulfonamides is 1. The van der Waals surface area contributed by atoms with E-state index in [1.54, 1.807) is 24.3 Å². The standard InChI is InChI=1S/C20H21NO4S/c22-19(20-12-7-13-25-20)15-21(14-17-8-3-1-4-9-17)26(23,24)16-18-10-5-2-6-11-18/h1-13,19,22H,14-16H2/t19-/m0/s1. The Bertz CT molecular complexity index is 894. The lowest BCUT2D eigenvalue weighted by Crippen LogP contribution is -2.35. The molecule has 0 bridgehead atoms. The molecular formula is C20H21NO4S. The van der Waals surface area contributed by atoms with Crippen LogP contribution < -0.4 is 0 Å². The summed E-state index contributed by atoms with van der Waals surface area (Å²) in [6.45, 7) is 0.116.